The van der Waals surface area contributed by atoms with Crippen LogP contribution in [0.15, 0.2) is 0 Å². The molecule has 0 spiro atoms. The largest absolute Gasteiger partial charge is 0.383 e. The lowest BCUT2D eigenvalue weighted by Crippen LogP contribution is -2.42. The summed E-state index contributed by atoms with van der Waals surface area (Å²) in [6.45, 7) is 5.70. The van der Waals surface area contributed by atoms with Gasteiger partial charge in [-0.3, -0.25) is 14.5 Å². The van der Waals surface area contributed by atoms with E-state index in [1.807, 2.05) is 20.8 Å². The van der Waals surface area contributed by atoms with Crippen molar-refractivity contribution in [3.05, 3.63) is 0 Å². The summed E-state index contributed by atoms with van der Waals surface area (Å²) in [6, 6.07) is -0.128. The maximum atomic E-state index is 11.3. The second kappa shape index (κ2) is 3.46. The molecule has 2 amide bonds. The van der Waals surface area contributed by atoms with Crippen LogP contribution >= 0.6 is 0 Å². The summed E-state index contributed by atoms with van der Waals surface area (Å²) < 4.78 is 0. The number of aliphatic hydroxyl groups excluding tert-OH is 1. The average molecular weight is 185 g/mol. The Hall–Kier alpha value is -0.900. The molecular weight excluding hydrogens is 170 g/mol. The fraction of sp³-hybridized carbons (Fsp3) is 0.778. The highest BCUT2D eigenvalue weighted by Gasteiger charge is 2.40. The summed E-state index contributed by atoms with van der Waals surface area (Å²) in [7, 11) is 0. The second-order valence-electron chi connectivity index (χ2n) is 3.81. The first-order chi connectivity index (χ1) is 5.95. The fourth-order valence-electron chi connectivity index (χ4n) is 1.36. The molecule has 0 bridgehead atoms. The molecule has 1 N–H and O–H groups in total. The Morgan fingerprint density at radius 2 is 1.92 bits per heavy atom. The molecule has 0 aromatic heterocycles. The third-order valence-corrected chi connectivity index (χ3v) is 2.53. The summed E-state index contributed by atoms with van der Waals surface area (Å²) in [5.41, 5.74) is 0. The molecule has 0 aliphatic carbocycles. The molecule has 4 nitrogen and oxygen atoms in total. The van der Waals surface area contributed by atoms with Gasteiger partial charge >= 0.3 is 0 Å². The molecule has 13 heavy (non-hydrogen) atoms. The van der Waals surface area contributed by atoms with Gasteiger partial charge in [0.2, 0.25) is 5.91 Å². The van der Waals surface area contributed by atoms with E-state index in [4.69, 9.17) is 5.11 Å². The van der Waals surface area contributed by atoms with Crippen LogP contribution < -0.4 is 0 Å². The van der Waals surface area contributed by atoms with Gasteiger partial charge in [-0.1, -0.05) is 13.8 Å². The maximum absolute atomic E-state index is 11.3. The number of carbonyl (C=O) groups is 2. The van der Waals surface area contributed by atoms with Gasteiger partial charge < -0.3 is 5.11 Å². The van der Waals surface area contributed by atoms with Crippen LogP contribution in [-0.4, -0.2) is 34.0 Å². The minimum absolute atomic E-state index is 0.0596. The van der Waals surface area contributed by atoms with E-state index in [0.29, 0.717) is 0 Å². The molecule has 0 aromatic rings. The summed E-state index contributed by atoms with van der Waals surface area (Å²) >= 11 is 0. The summed E-state index contributed by atoms with van der Waals surface area (Å²) in [4.78, 5) is 23.8. The molecule has 0 radical (unpaired) electrons. The number of carbonyl (C=O) groups excluding carboxylic acids is 2. The highest BCUT2D eigenvalue weighted by molar-refractivity contribution is 6.05. The van der Waals surface area contributed by atoms with Crippen LogP contribution in [0.5, 0.6) is 0 Å². The first-order valence-corrected chi connectivity index (χ1v) is 4.49. The molecule has 1 aliphatic heterocycles. The van der Waals surface area contributed by atoms with Crippen LogP contribution in [0.1, 0.15) is 27.2 Å². The van der Waals surface area contributed by atoms with E-state index in [1.54, 1.807) is 0 Å². The van der Waals surface area contributed by atoms with Gasteiger partial charge in [0, 0.05) is 6.04 Å². The maximum Gasteiger partial charge on any atom is 0.258 e. The predicted octanol–water partition coefficient (Wildman–Crippen LogP) is 0.151. The van der Waals surface area contributed by atoms with Crippen molar-refractivity contribution in [2.45, 2.75) is 39.3 Å². The Morgan fingerprint density at radius 1 is 1.38 bits per heavy atom. The van der Waals surface area contributed by atoms with Gasteiger partial charge in [-0.2, -0.15) is 0 Å². The SMILES string of the molecule is CC(C)[C@@H](C)N1C(=O)CC(O)C1=O. The lowest BCUT2D eigenvalue weighted by Gasteiger charge is -2.25. The minimum Gasteiger partial charge on any atom is -0.383 e. The third-order valence-electron chi connectivity index (χ3n) is 2.53. The van der Waals surface area contributed by atoms with Gasteiger partial charge in [-0.05, 0) is 12.8 Å². The molecule has 74 valence electrons. The van der Waals surface area contributed by atoms with Gasteiger partial charge in [0.1, 0.15) is 6.10 Å². The third kappa shape index (κ3) is 1.72. The van der Waals surface area contributed by atoms with Crippen LogP contribution in [-0.2, 0) is 9.59 Å². The zero-order valence-electron chi connectivity index (χ0n) is 8.15. The van der Waals surface area contributed by atoms with Crippen molar-refractivity contribution in [2.75, 3.05) is 0 Å². The van der Waals surface area contributed by atoms with Gasteiger partial charge in [0.25, 0.3) is 5.91 Å². The van der Waals surface area contributed by atoms with E-state index in [2.05, 4.69) is 0 Å². The Balaban J connectivity index is 2.80. The van der Waals surface area contributed by atoms with Crippen LogP contribution in [0.25, 0.3) is 0 Å². The molecule has 1 heterocycles. The Morgan fingerprint density at radius 3 is 2.23 bits per heavy atom. The standard InChI is InChI=1S/C9H15NO3/c1-5(2)6(3)10-8(12)4-7(11)9(10)13/h5-7,11H,4H2,1-3H3/t6-,7?/m1/s1. The number of nitrogens with zero attached hydrogens (tertiary/aromatic N) is 1. The van der Waals surface area contributed by atoms with Gasteiger partial charge in [0.05, 0.1) is 6.42 Å². The van der Waals surface area contributed by atoms with Crippen LogP contribution in [0.2, 0.25) is 0 Å². The van der Waals surface area contributed by atoms with Crippen molar-refractivity contribution in [2.24, 2.45) is 5.92 Å². The topological polar surface area (TPSA) is 57.6 Å². The van der Waals surface area contributed by atoms with E-state index in [-0.39, 0.29) is 24.3 Å². The molecule has 1 fully saturated rings. The van der Waals surface area contributed by atoms with Gasteiger partial charge in [-0.15, -0.1) is 0 Å². The minimum atomic E-state index is -1.12. The van der Waals surface area contributed by atoms with Crippen molar-refractivity contribution in [1.29, 1.82) is 0 Å². The number of hydrogen-bond donors (Lipinski definition) is 1. The molecule has 1 aliphatic rings. The number of hydrogen-bond acceptors (Lipinski definition) is 3. The molecule has 2 atom stereocenters. The molecule has 0 saturated carbocycles. The predicted molar refractivity (Wildman–Crippen MR) is 46.8 cm³/mol. The lowest BCUT2D eigenvalue weighted by molar-refractivity contribution is -0.144. The van der Waals surface area contributed by atoms with Crippen molar-refractivity contribution in [1.82, 2.24) is 4.90 Å². The van der Waals surface area contributed by atoms with Gasteiger partial charge in [-0.25, -0.2) is 0 Å². The Bertz CT molecular complexity index is 237. The van der Waals surface area contributed by atoms with E-state index in [1.165, 1.54) is 4.90 Å². The zero-order valence-corrected chi connectivity index (χ0v) is 8.15. The van der Waals surface area contributed by atoms with Crippen LogP contribution in [0.4, 0.5) is 0 Å². The molecular formula is C9H15NO3. The fourth-order valence-corrected chi connectivity index (χ4v) is 1.36. The monoisotopic (exact) mass is 185 g/mol. The second-order valence-corrected chi connectivity index (χ2v) is 3.81. The molecule has 0 aromatic carbocycles. The number of amides is 2. The van der Waals surface area contributed by atoms with Crippen molar-refractivity contribution in [3.8, 4) is 0 Å². The van der Waals surface area contributed by atoms with E-state index in [0.717, 1.165) is 0 Å². The van der Waals surface area contributed by atoms with Crippen molar-refractivity contribution in [3.63, 3.8) is 0 Å². The summed E-state index contributed by atoms with van der Waals surface area (Å²) in [6.07, 6.45) is -1.18. The smallest absolute Gasteiger partial charge is 0.258 e. The van der Waals surface area contributed by atoms with Crippen molar-refractivity contribution >= 4 is 11.8 Å². The summed E-state index contributed by atoms with van der Waals surface area (Å²) in [5.74, 6) is -0.497. The number of likely N-dealkylation sites (tertiary alicyclic amines) is 1. The lowest BCUT2D eigenvalue weighted by atomic mass is 10.1. The first-order valence-electron chi connectivity index (χ1n) is 4.49. The molecule has 1 unspecified atom stereocenters. The summed E-state index contributed by atoms with van der Waals surface area (Å²) in [5, 5.41) is 9.16. The average Bonchev–Trinajstić information content (AvgIpc) is 2.26. The molecule has 1 saturated heterocycles. The van der Waals surface area contributed by atoms with E-state index < -0.39 is 12.0 Å². The van der Waals surface area contributed by atoms with E-state index in [9.17, 15) is 9.59 Å². The highest BCUT2D eigenvalue weighted by Crippen LogP contribution is 2.20. The van der Waals surface area contributed by atoms with Crippen molar-refractivity contribution < 1.29 is 14.7 Å². The van der Waals surface area contributed by atoms with Crippen LogP contribution in [0.3, 0.4) is 0 Å². The Labute approximate surface area is 77.5 Å². The molecule has 4 heteroatoms. The van der Waals surface area contributed by atoms with Crippen LogP contribution in [0, 0.1) is 5.92 Å². The first kappa shape index (κ1) is 10.2. The quantitative estimate of drug-likeness (QED) is 0.623. The van der Waals surface area contributed by atoms with E-state index >= 15 is 0 Å². The normalized spacial score (nSPS) is 25.9. The van der Waals surface area contributed by atoms with Gasteiger partial charge in [0.15, 0.2) is 0 Å². The number of rotatable bonds is 2. The Kier molecular flexibility index (Phi) is 2.71. The highest BCUT2D eigenvalue weighted by atomic mass is 16.3. The number of aliphatic hydroxyl groups is 1. The number of imide groups is 1. The molecule has 1 rings (SSSR count). The zero-order chi connectivity index (χ0) is 10.2.